The van der Waals surface area contributed by atoms with Crippen LogP contribution in [0.25, 0.3) is 0 Å². The molecule has 1 aliphatic rings. The lowest BCUT2D eigenvalue weighted by Gasteiger charge is -2.14. The molecule has 1 fully saturated rings. The number of aryl methyl sites for hydroxylation is 1. The molecule has 1 aliphatic heterocycles. The summed E-state index contributed by atoms with van der Waals surface area (Å²) in [4.78, 5) is 2.47. The van der Waals surface area contributed by atoms with Crippen LogP contribution in [0, 0.1) is 0 Å². The van der Waals surface area contributed by atoms with Crippen molar-refractivity contribution in [1.29, 1.82) is 0 Å². The zero-order chi connectivity index (χ0) is 9.97. The highest BCUT2D eigenvalue weighted by Gasteiger charge is 2.20. The number of rotatable bonds is 3. The quantitative estimate of drug-likeness (QED) is 0.747. The molecule has 0 radical (unpaired) electrons. The fraction of sp³-hybridized carbons (Fsp3) is 0.700. The number of aromatic nitrogens is 2. The lowest BCUT2D eigenvalue weighted by molar-refractivity contribution is 0.322. The molecule has 0 bridgehead atoms. The van der Waals surface area contributed by atoms with Gasteiger partial charge in [-0.25, -0.2) is 0 Å². The van der Waals surface area contributed by atoms with Crippen molar-refractivity contribution in [2.75, 3.05) is 20.1 Å². The Hall–Kier alpha value is -0.870. The van der Waals surface area contributed by atoms with Crippen molar-refractivity contribution in [3.8, 4) is 0 Å². The van der Waals surface area contributed by atoms with E-state index in [4.69, 9.17) is 0 Å². The van der Waals surface area contributed by atoms with Crippen LogP contribution in [0.15, 0.2) is 12.4 Å². The van der Waals surface area contributed by atoms with Crippen LogP contribution in [0.4, 0.5) is 0 Å². The fourth-order valence-electron chi connectivity index (χ4n) is 2.02. The highest BCUT2D eigenvalue weighted by atomic mass is 15.2. The molecule has 4 nitrogen and oxygen atoms in total. The first-order valence-electron chi connectivity index (χ1n) is 5.15. The Kier molecular flexibility index (Phi) is 2.84. The van der Waals surface area contributed by atoms with Gasteiger partial charge in [-0.2, -0.15) is 5.10 Å². The fourth-order valence-corrected chi connectivity index (χ4v) is 2.02. The third-order valence-corrected chi connectivity index (χ3v) is 2.85. The first-order valence-corrected chi connectivity index (χ1v) is 5.15. The summed E-state index contributed by atoms with van der Waals surface area (Å²) in [7, 11) is 4.00. The van der Waals surface area contributed by atoms with Gasteiger partial charge in [0, 0.05) is 44.5 Å². The van der Waals surface area contributed by atoms with E-state index in [2.05, 4.69) is 21.5 Å². The number of hydrogen-bond donors (Lipinski definition) is 1. The van der Waals surface area contributed by atoms with Crippen LogP contribution < -0.4 is 5.32 Å². The van der Waals surface area contributed by atoms with Gasteiger partial charge in [-0.05, 0) is 13.5 Å². The second kappa shape index (κ2) is 4.11. The van der Waals surface area contributed by atoms with E-state index in [-0.39, 0.29) is 0 Å². The summed E-state index contributed by atoms with van der Waals surface area (Å²) in [6, 6.07) is 0.673. The van der Waals surface area contributed by atoms with Crippen LogP contribution in [0.1, 0.15) is 12.0 Å². The third kappa shape index (κ3) is 2.13. The maximum absolute atomic E-state index is 4.17. The van der Waals surface area contributed by atoms with Crippen LogP contribution in [0.5, 0.6) is 0 Å². The number of likely N-dealkylation sites (tertiary alicyclic amines) is 1. The van der Waals surface area contributed by atoms with Gasteiger partial charge in [0.1, 0.15) is 0 Å². The minimum atomic E-state index is 0.673. The molecule has 0 saturated carbocycles. The van der Waals surface area contributed by atoms with Gasteiger partial charge in [-0.15, -0.1) is 0 Å². The van der Waals surface area contributed by atoms with Crippen molar-refractivity contribution in [1.82, 2.24) is 20.0 Å². The Morgan fingerprint density at radius 2 is 2.50 bits per heavy atom. The zero-order valence-corrected chi connectivity index (χ0v) is 8.90. The van der Waals surface area contributed by atoms with Crippen LogP contribution in [-0.2, 0) is 13.6 Å². The summed E-state index contributed by atoms with van der Waals surface area (Å²) in [6.07, 6.45) is 5.30. The predicted octanol–water partition coefficient (Wildman–Crippen LogP) is 0.214. The van der Waals surface area contributed by atoms with Gasteiger partial charge >= 0.3 is 0 Å². The van der Waals surface area contributed by atoms with Gasteiger partial charge < -0.3 is 5.32 Å². The topological polar surface area (TPSA) is 33.1 Å². The lowest BCUT2D eigenvalue weighted by atomic mass is 10.3. The van der Waals surface area contributed by atoms with E-state index >= 15 is 0 Å². The normalized spacial score (nSPS) is 23.1. The summed E-state index contributed by atoms with van der Waals surface area (Å²) in [5.41, 5.74) is 1.31. The molecule has 0 spiro atoms. The third-order valence-electron chi connectivity index (χ3n) is 2.85. The lowest BCUT2D eigenvalue weighted by Crippen LogP contribution is -2.29. The van der Waals surface area contributed by atoms with Gasteiger partial charge in [0.2, 0.25) is 0 Å². The van der Waals surface area contributed by atoms with Crippen LogP contribution in [0.2, 0.25) is 0 Å². The predicted molar refractivity (Wildman–Crippen MR) is 55.9 cm³/mol. The van der Waals surface area contributed by atoms with Gasteiger partial charge in [0.15, 0.2) is 0 Å². The summed E-state index contributed by atoms with van der Waals surface area (Å²) >= 11 is 0. The molecule has 14 heavy (non-hydrogen) atoms. The van der Waals surface area contributed by atoms with Crippen molar-refractivity contribution in [3.63, 3.8) is 0 Å². The van der Waals surface area contributed by atoms with E-state index < -0.39 is 0 Å². The second-order valence-corrected chi connectivity index (χ2v) is 4.03. The largest absolute Gasteiger partial charge is 0.316 e. The maximum atomic E-state index is 4.17. The Labute approximate surface area is 84.9 Å². The number of nitrogens with zero attached hydrogens (tertiary/aromatic N) is 3. The molecule has 0 aliphatic carbocycles. The smallest absolute Gasteiger partial charge is 0.0534 e. The Balaban J connectivity index is 1.87. The van der Waals surface area contributed by atoms with Crippen molar-refractivity contribution in [2.45, 2.75) is 19.0 Å². The monoisotopic (exact) mass is 194 g/mol. The van der Waals surface area contributed by atoms with Crippen molar-refractivity contribution < 1.29 is 0 Å². The Bertz CT molecular complexity index is 294. The molecular formula is C10H18N4. The van der Waals surface area contributed by atoms with Crippen LogP contribution >= 0.6 is 0 Å². The average Bonchev–Trinajstić information content (AvgIpc) is 2.76. The van der Waals surface area contributed by atoms with Gasteiger partial charge in [-0.1, -0.05) is 0 Å². The average molecular weight is 194 g/mol. The van der Waals surface area contributed by atoms with E-state index in [0.29, 0.717) is 6.04 Å². The number of nitrogens with one attached hydrogen (secondary N) is 1. The summed E-state index contributed by atoms with van der Waals surface area (Å²) in [5.74, 6) is 0. The van der Waals surface area contributed by atoms with E-state index in [1.165, 1.54) is 18.5 Å². The highest BCUT2D eigenvalue weighted by molar-refractivity contribution is 5.04. The van der Waals surface area contributed by atoms with Gasteiger partial charge in [0.25, 0.3) is 0 Å². The minimum absolute atomic E-state index is 0.673. The van der Waals surface area contributed by atoms with E-state index in [1.807, 2.05) is 25.0 Å². The van der Waals surface area contributed by atoms with Gasteiger partial charge in [-0.3, -0.25) is 9.58 Å². The number of hydrogen-bond acceptors (Lipinski definition) is 3. The number of likely N-dealkylation sites (N-methyl/N-ethyl adjacent to an activating group) is 1. The molecule has 2 heterocycles. The van der Waals surface area contributed by atoms with E-state index in [9.17, 15) is 0 Å². The molecule has 4 heteroatoms. The first-order chi connectivity index (χ1) is 6.78. The first kappa shape index (κ1) is 9.68. The van der Waals surface area contributed by atoms with Crippen molar-refractivity contribution in [3.05, 3.63) is 18.0 Å². The molecule has 1 saturated heterocycles. The van der Waals surface area contributed by atoms with Gasteiger partial charge in [0.05, 0.1) is 6.20 Å². The molecule has 1 unspecified atom stereocenters. The molecule has 0 aromatic carbocycles. The molecular weight excluding hydrogens is 176 g/mol. The molecule has 1 aromatic rings. The standard InChI is InChI=1S/C10H18N4/c1-11-10-3-4-14(8-10)7-9-5-12-13(2)6-9/h5-6,10-11H,3-4,7-8H2,1-2H3. The minimum Gasteiger partial charge on any atom is -0.316 e. The van der Waals surface area contributed by atoms with Crippen LogP contribution in [-0.4, -0.2) is 40.9 Å². The molecule has 1 aromatic heterocycles. The Morgan fingerprint density at radius 3 is 3.07 bits per heavy atom. The van der Waals surface area contributed by atoms with Crippen LogP contribution in [0.3, 0.4) is 0 Å². The maximum Gasteiger partial charge on any atom is 0.0534 e. The van der Waals surface area contributed by atoms with E-state index in [0.717, 1.165) is 13.1 Å². The Morgan fingerprint density at radius 1 is 1.64 bits per heavy atom. The zero-order valence-electron chi connectivity index (χ0n) is 8.90. The second-order valence-electron chi connectivity index (χ2n) is 4.03. The van der Waals surface area contributed by atoms with E-state index in [1.54, 1.807) is 0 Å². The SMILES string of the molecule is CNC1CCN(Cc2cnn(C)c2)C1. The molecule has 0 amide bonds. The highest BCUT2D eigenvalue weighted by Crippen LogP contribution is 2.12. The summed E-state index contributed by atoms with van der Waals surface area (Å²) in [6.45, 7) is 3.39. The summed E-state index contributed by atoms with van der Waals surface area (Å²) < 4.78 is 1.86. The molecule has 1 atom stereocenters. The summed E-state index contributed by atoms with van der Waals surface area (Å²) in [5, 5.41) is 7.49. The molecule has 78 valence electrons. The van der Waals surface area contributed by atoms with Crippen molar-refractivity contribution >= 4 is 0 Å². The molecule has 1 N–H and O–H groups in total. The molecule has 2 rings (SSSR count). The van der Waals surface area contributed by atoms with Crippen molar-refractivity contribution in [2.24, 2.45) is 7.05 Å².